The lowest BCUT2D eigenvalue weighted by Crippen LogP contribution is -2.56. The molecule has 0 bridgehead atoms. The van der Waals surface area contributed by atoms with Crippen LogP contribution < -0.4 is 5.32 Å². The van der Waals surface area contributed by atoms with Crippen LogP contribution in [0.1, 0.15) is 19.3 Å². The molecule has 2 aliphatic rings. The number of nitrogens with zero attached hydrogens (tertiary/aromatic N) is 1. The normalized spacial score (nSPS) is 30.6. The third-order valence-electron chi connectivity index (χ3n) is 4.09. The number of esters is 1. The van der Waals surface area contributed by atoms with Gasteiger partial charge in [0.05, 0.1) is 7.11 Å². The standard InChI is InChI=1S/C12H17F3N2O3/c1-20-9(18)8-3-2-6-17(8)10(19)11(12(13,14)15)4-5-16-7-11/h8,16H,2-7H2,1H3. The Morgan fingerprint density at radius 2 is 2.10 bits per heavy atom. The molecule has 0 radical (unpaired) electrons. The molecule has 0 aromatic carbocycles. The van der Waals surface area contributed by atoms with Gasteiger partial charge in [0, 0.05) is 13.1 Å². The minimum atomic E-state index is -4.63. The van der Waals surface area contributed by atoms with Gasteiger partial charge in [0.1, 0.15) is 6.04 Å². The van der Waals surface area contributed by atoms with Crippen molar-refractivity contribution in [2.45, 2.75) is 31.5 Å². The Kier molecular flexibility index (Phi) is 3.95. The van der Waals surface area contributed by atoms with Gasteiger partial charge in [0.2, 0.25) is 5.91 Å². The van der Waals surface area contributed by atoms with Gasteiger partial charge in [0.25, 0.3) is 0 Å². The Hall–Kier alpha value is -1.31. The topological polar surface area (TPSA) is 58.6 Å². The molecule has 1 amide bonds. The van der Waals surface area contributed by atoms with E-state index in [1.807, 2.05) is 0 Å². The van der Waals surface area contributed by atoms with E-state index in [0.717, 1.165) is 4.90 Å². The van der Waals surface area contributed by atoms with Crippen molar-refractivity contribution in [3.8, 4) is 0 Å². The van der Waals surface area contributed by atoms with Crippen LogP contribution in [0.3, 0.4) is 0 Å². The summed E-state index contributed by atoms with van der Waals surface area (Å²) in [6.07, 6.45) is -4.07. The molecule has 2 unspecified atom stereocenters. The molecule has 2 rings (SSSR count). The van der Waals surface area contributed by atoms with Crippen LogP contribution in [-0.2, 0) is 14.3 Å². The van der Waals surface area contributed by atoms with Crippen LogP contribution in [0.15, 0.2) is 0 Å². The summed E-state index contributed by atoms with van der Waals surface area (Å²) in [5, 5.41) is 2.60. The van der Waals surface area contributed by atoms with E-state index in [2.05, 4.69) is 10.1 Å². The van der Waals surface area contributed by atoms with Gasteiger partial charge in [-0.3, -0.25) is 4.79 Å². The van der Waals surface area contributed by atoms with Crippen LogP contribution in [-0.4, -0.2) is 55.7 Å². The number of halogens is 3. The molecule has 0 saturated carbocycles. The minimum absolute atomic E-state index is 0.141. The van der Waals surface area contributed by atoms with Crippen LogP contribution in [0.4, 0.5) is 13.2 Å². The number of carbonyl (C=O) groups is 2. The van der Waals surface area contributed by atoms with Crippen molar-refractivity contribution >= 4 is 11.9 Å². The van der Waals surface area contributed by atoms with Gasteiger partial charge in [0.15, 0.2) is 5.41 Å². The predicted octanol–water partition coefficient (Wildman–Crippen LogP) is 0.692. The first-order chi connectivity index (χ1) is 9.33. The van der Waals surface area contributed by atoms with E-state index in [0.29, 0.717) is 12.8 Å². The van der Waals surface area contributed by atoms with Gasteiger partial charge < -0.3 is 15.0 Å². The third-order valence-corrected chi connectivity index (χ3v) is 4.09. The summed E-state index contributed by atoms with van der Waals surface area (Å²) in [4.78, 5) is 25.0. The van der Waals surface area contributed by atoms with Crippen molar-refractivity contribution in [3.63, 3.8) is 0 Å². The molecule has 2 saturated heterocycles. The van der Waals surface area contributed by atoms with Crippen LogP contribution >= 0.6 is 0 Å². The van der Waals surface area contributed by atoms with Crippen LogP contribution in [0.5, 0.6) is 0 Å². The Morgan fingerprint density at radius 1 is 1.40 bits per heavy atom. The lowest BCUT2D eigenvalue weighted by Gasteiger charge is -2.35. The first-order valence-corrected chi connectivity index (χ1v) is 6.50. The van der Waals surface area contributed by atoms with E-state index in [1.54, 1.807) is 0 Å². The van der Waals surface area contributed by atoms with E-state index < -0.39 is 36.1 Å². The van der Waals surface area contributed by atoms with Gasteiger partial charge >= 0.3 is 12.1 Å². The first kappa shape index (κ1) is 15.1. The maximum atomic E-state index is 13.3. The molecule has 0 aromatic rings. The number of rotatable bonds is 2. The van der Waals surface area contributed by atoms with Gasteiger partial charge in [-0.05, 0) is 25.8 Å². The summed E-state index contributed by atoms with van der Waals surface area (Å²) >= 11 is 0. The number of nitrogens with one attached hydrogen (secondary N) is 1. The molecule has 2 atom stereocenters. The number of carbonyl (C=O) groups excluding carboxylic acids is 2. The highest BCUT2D eigenvalue weighted by atomic mass is 19.4. The minimum Gasteiger partial charge on any atom is -0.467 e. The van der Waals surface area contributed by atoms with Crippen molar-refractivity contribution in [1.29, 1.82) is 0 Å². The number of alkyl halides is 3. The zero-order valence-electron chi connectivity index (χ0n) is 11.1. The second-order valence-electron chi connectivity index (χ2n) is 5.19. The zero-order valence-corrected chi connectivity index (χ0v) is 11.1. The largest absolute Gasteiger partial charge is 0.467 e. The summed E-state index contributed by atoms with van der Waals surface area (Å²) in [6.45, 7) is -0.127. The summed E-state index contributed by atoms with van der Waals surface area (Å²) < 4.78 is 44.5. The highest BCUT2D eigenvalue weighted by Gasteiger charge is 2.63. The average molecular weight is 294 g/mol. The van der Waals surface area contributed by atoms with Crippen molar-refractivity contribution in [1.82, 2.24) is 10.2 Å². The second kappa shape index (κ2) is 5.23. The zero-order chi connectivity index (χ0) is 15.0. The number of likely N-dealkylation sites (tertiary alicyclic amines) is 1. The summed E-state index contributed by atoms with van der Waals surface area (Å²) in [5.74, 6) is -1.66. The van der Waals surface area contributed by atoms with Crippen LogP contribution in [0.2, 0.25) is 0 Å². The fourth-order valence-electron chi connectivity index (χ4n) is 2.90. The fourth-order valence-corrected chi connectivity index (χ4v) is 2.90. The molecule has 8 heteroatoms. The summed E-state index contributed by atoms with van der Waals surface area (Å²) in [6, 6.07) is -0.896. The Bertz CT molecular complexity index is 405. The fraction of sp³-hybridized carbons (Fsp3) is 0.833. The molecule has 0 aliphatic carbocycles. The van der Waals surface area contributed by atoms with Crippen LogP contribution in [0, 0.1) is 5.41 Å². The lowest BCUT2D eigenvalue weighted by atomic mass is 9.84. The molecule has 2 aliphatic heterocycles. The van der Waals surface area contributed by atoms with Gasteiger partial charge in [-0.2, -0.15) is 13.2 Å². The monoisotopic (exact) mass is 294 g/mol. The molecule has 114 valence electrons. The summed E-state index contributed by atoms with van der Waals surface area (Å²) in [7, 11) is 1.17. The number of ether oxygens (including phenoxy) is 1. The lowest BCUT2D eigenvalue weighted by molar-refractivity contribution is -0.222. The molecule has 20 heavy (non-hydrogen) atoms. The second-order valence-corrected chi connectivity index (χ2v) is 5.19. The maximum Gasteiger partial charge on any atom is 0.404 e. The number of amides is 1. The highest BCUT2D eigenvalue weighted by Crippen LogP contribution is 2.45. The number of hydrogen-bond donors (Lipinski definition) is 1. The van der Waals surface area contributed by atoms with Crippen molar-refractivity contribution < 1.29 is 27.5 Å². The van der Waals surface area contributed by atoms with Crippen molar-refractivity contribution in [2.24, 2.45) is 5.41 Å². The number of hydrogen-bond acceptors (Lipinski definition) is 4. The third kappa shape index (κ3) is 2.25. The average Bonchev–Trinajstić information content (AvgIpc) is 3.05. The molecule has 0 spiro atoms. The molecule has 2 fully saturated rings. The quantitative estimate of drug-likeness (QED) is 0.761. The van der Waals surface area contributed by atoms with E-state index in [1.165, 1.54) is 7.11 Å². The van der Waals surface area contributed by atoms with Gasteiger partial charge in [-0.25, -0.2) is 4.79 Å². The van der Waals surface area contributed by atoms with Crippen LogP contribution in [0.25, 0.3) is 0 Å². The molecule has 5 nitrogen and oxygen atoms in total. The maximum absolute atomic E-state index is 13.3. The Morgan fingerprint density at radius 3 is 2.60 bits per heavy atom. The van der Waals surface area contributed by atoms with Gasteiger partial charge in [-0.15, -0.1) is 0 Å². The highest BCUT2D eigenvalue weighted by molar-refractivity contribution is 5.89. The van der Waals surface area contributed by atoms with E-state index in [-0.39, 0.29) is 19.5 Å². The smallest absolute Gasteiger partial charge is 0.404 e. The number of methoxy groups -OCH3 is 1. The summed E-state index contributed by atoms with van der Waals surface area (Å²) in [5.41, 5.74) is -2.41. The SMILES string of the molecule is COC(=O)C1CCCN1C(=O)C1(C(F)(F)F)CCNC1. The molecule has 2 heterocycles. The molecule has 1 N–H and O–H groups in total. The Balaban J connectivity index is 2.26. The molecular formula is C12H17F3N2O3. The van der Waals surface area contributed by atoms with Crippen molar-refractivity contribution in [2.75, 3.05) is 26.7 Å². The Labute approximate surface area is 114 Å². The van der Waals surface area contributed by atoms with Gasteiger partial charge in [-0.1, -0.05) is 0 Å². The van der Waals surface area contributed by atoms with E-state index in [4.69, 9.17) is 0 Å². The van der Waals surface area contributed by atoms with E-state index in [9.17, 15) is 22.8 Å². The molecule has 0 aromatic heterocycles. The first-order valence-electron chi connectivity index (χ1n) is 6.50. The predicted molar refractivity (Wildman–Crippen MR) is 62.7 cm³/mol. The van der Waals surface area contributed by atoms with E-state index >= 15 is 0 Å². The molecular weight excluding hydrogens is 277 g/mol. The van der Waals surface area contributed by atoms with Crippen molar-refractivity contribution in [3.05, 3.63) is 0 Å².